The molecule has 0 bridgehead atoms. The van der Waals surface area contributed by atoms with Crippen LogP contribution in [0.5, 0.6) is 5.88 Å². The predicted molar refractivity (Wildman–Crippen MR) is 48.6 cm³/mol. The summed E-state index contributed by atoms with van der Waals surface area (Å²) in [5.74, 6) is 0.252. The first-order valence-electron chi connectivity index (χ1n) is 4.46. The van der Waals surface area contributed by atoms with Gasteiger partial charge in [0.2, 0.25) is 5.88 Å². The Morgan fingerprint density at radius 1 is 1.50 bits per heavy atom. The van der Waals surface area contributed by atoms with Crippen LogP contribution in [0.15, 0.2) is 12.4 Å². The Morgan fingerprint density at radius 3 is 2.71 bits per heavy atom. The van der Waals surface area contributed by atoms with Gasteiger partial charge >= 0.3 is 0 Å². The van der Waals surface area contributed by atoms with Crippen LogP contribution in [0.2, 0.25) is 0 Å². The van der Waals surface area contributed by atoms with Gasteiger partial charge in [0.1, 0.15) is 5.69 Å². The summed E-state index contributed by atoms with van der Waals surface area (Å²) in [6, 6.07) is -0.0771. The van der Waals surface area contributed by atoms with Gasteiger partial charge in [-0.05, 0) is 0 Å². The van der Waals surface area contributed by atoms with Crippen LogP contribution < -0.4 is 10.5 Å². The predicted octanol–water partition coefficient (Wildman–Crippen LogP) is 0.771. The van der Waals surface area contributed by atoms with Crippen LogP contribution in [0, 0.1) is 0 Å². The van der Waals surface area contributed by atoms with Crippen LogP contribution in [-0.4, -0.2) is 23.1 Å². The number of halogens is 1. The maximum Gasteiger partial charge on any atom is 0.238 e. The molecule has 14 heavy (non-hydrogen) atoms. The van der Waals surface area contributed by atoms with E-state index in [1.165, 1.54) is 19.5 Å². The summed E-state index contributed by atoms with van der Waals surface area (Å²) in [5, 5.41) is 0. The molecule has 2 N–H and O–H groups in total. The minimum atomic E-state index is -1.45. The first-order valence-corrected chi connectivity index (χ1v) is 4.46. The Balaban J connectivity index is 2.32. The monoisotopic (exact) mass is 197 g/mol. The van der Waals surface area contributed by atoms with Crippen LogP contribution in [0.3, 0.4) is 0 Å². The lowest BCUT2D eigenvalue weighted by atomic mass is 9.75. The summed E-state index contributed by atoms with van der Waals surface area (Å²) in [5.41, 5.74) is 4.38. The van der Waals surface area contributed by atoms with Gasteiger partial charge in [0, 0.05) is 31.3 Å². The molecule has 1 heterocycles. The summed E-state index contributed by atoms with van der Waals surface area (Å²) < 4.78 is 19.0. The second-order valence-corrected chi connectivity index (χ2v) is 3.55. The maximum absolute atomic E-state index is 14.1. The number of hydrogen-bond acceptors (Lipinski definition) is 4. The average Bonchev–Trinajstić information content (AvgIpc) is 2.15. The lowest BCUT2D eigenvalue weighted by Crippen LogP contribution is -2.46. The second-order valence-electron chi connectivity index (χ2n) is 3.55. The Bertz CT molecular complexity index is 339. The molecule has 0 aliphatic heterocycles. The molecule has 0 aromatic carbocycles. The molecular weight excluding hydrogens is 185 g/mol. The molecule has 1 aromatic heterocycles. The molecule has 0 radical (unpaired) electrons. The van der Waals surface area contributed by atoms with E-state index in [1.54, 1.807) is 0 Å². The number of rotatable bonds is 2. The van der Waals surface area contributed by atoms with Gasteiger partial charge in [0.15, 0.2) is 5.67 Å². The van der Waals surface area contributed by atoms with Crippen molar-refractivity contribution in [3.05, 3.63) is 18.1 Å². The normalized spacial score (nSPS) is 30.9. The molecular formula is C9H12FN3O. The van der Waals surface area contributed by atoms with E-state index < -0.39 is 5.67 Å². The zero-order valence-electron chi connectivity index (χ0n) is 7.90. The topological polar surface area (TPSA) is 61.0 Å². The summed E-state index contributed by atoms with van der Waals surface area (Å²) in [6.07, 6.45) is 3.53. The third kappa shape index (κ3) is 1.33. The molecule has 0 amide bonds. The first kappa shape index (κ1) is 9.33. The van der Waals surface area contributed by atoms with Gasteiger partial charge < -0.3 is 10.5 Å². The molecule has 1 saturated carbocycles. The molecule has 0 atom stereocenters. The van der Waals surface area contributed by atoms with Crippen molar-refractivity contribution >= 4 is 0 Å². The third-order valence-electron chi connectivity index (χ3n) is 2.45. The van der Waals surface area contributed by atoms with Crippen LogP contribution in [0.25, 0.3) is 0 Å². The lowest BCUT2D eigenvalue weighted by Gasteiger charge is -2.38. The molecule has 0 unspecified atom stereocenters. The number of nitrogens with zero attached hydrogens (tertiary/aromatic N) is 2. The number of nitrogens with two attached hydrogens (primary N) is 1. The fraction of sp³-hybridized carbons (Fsp3) is 0.556. The lowest BCUT2D eigenvalue weighted by molar-refractivity contribution is 0.0326. The van der Waals surface area contributed by atoms with E-state index in [-0.39, 0.29) is 17.6 Å². The van der Waals surface area contributed by atoms with Crippen LogP contribution >= 0.6 is 0 Å². The number of aromatic nitrogens is 2. The Kier molecular flexibility index (Phi) is 2.11. The molecule has 2 rings (SSSR count). The van der Waals surface area contributed by atoms with Crippen LogP contribution in [-0.2, 0) is 5.67 Å². The van der Waals surface area contributed by atoms with Crippen molar-refractivity contribution < 1.29 is 9.13 Å². The van der Waals surface area contributed by atoms with E-state index in [0.29, 0.717) is 12.8 Å². The second kappa shape index (κ2) is 3.16. The smallest absolute Gasteiger partial charge is 0.238 e. The maximum atomic E-state index is 14.1. The molecule has 5 heteroatoms. The Morgan fingerprint density at radius 2 is 2.14 bits per heavy atom. The summed E-state index contributed by atoms with van der Waals surface area (Å²) in [6.45, 7) is 0. The van der Waals surface area contributed by atoms with Crippen molar-refractivity contribution in [2.45, 2.75) is 24.6 Å². The number of methoxy groups -OCH3 is 1. The highest BCUT2D eigenvalue weighted by Crippen LogP contribution is 2.45. The fourth-order valence-corrected chi connectivity index (χ4v) is 1.75. The molecule has 76 valence electrons. The Hall–Kier alpha value is -1.23. The van der Waals surface area contributed by atoms with Gasteiger partial charge in [-0.25, -0.2) is 9.37 Å². The van der Waals surface area contributed by atoms with Gasteiger partial charge in [-0.3, -0.25) is 4.98 Å². The van der Waals surface area contributed by atoms with E-state index in [4.69, 9.17) is 10.5 Å². The van der Waals surface area contributed by atoms with Gasteiger partial charge in [0.25, 0.3) is 0 Å². The zero-order chi connectivity index (χ0) is 10.2. The SMILES string of the molecule is COc1nccnc1C1(F)CC(N)C1. The molecule has 0 saturated heterocycles. The standard InChI is InChI=1S/C9H12FN3O/c1-14-8-7(12-2-3-13-8)9(10)4-6(11)5-9/h2-3,6H,4-5,11H2,1H3. The van der Waals surface area contributed by atoms with Gasteiger partial charge in [-0.1, -0.05) is 0 Å². The van der Waals surface area contributed by atoms with Crippen molar-refractivity contribution in [1.29, 1.82) is 0 Å². The third-order valence-corrected chi connectivity index (χ3v) is 2.45. The highest BCUT2D eigenvalue weighted by Gasteiger charge is 2.48. The molecule has 1 aromatic rings. The highest BCUT2D eigenvalue weighted by atomic mass is 19.1. The fourth-order valence-electron chi connectivity index (χ4n) is 1.75. The molecule has 1 aliphatic carbocycles. The number of alkyl halides is 1. The molecule has 1 fully saturated rings. The minimum absolute atomic E-state index is 0.0771. The largest absolute Gasteiger partial charge is 0.480 e. The van der Waals surface area contributed by atoms with Crippen molar-refractivity contribution in [1.82, 2.24) is 9.97 Å². The number of hydrogen-bond donors (Lipinski definition) is 1. The molecule has 1 aliphatic rings. The van der Waals surface area contributed by atoms with Gasteiger partial charge in [-0.15, -0.1) is 0 Å². The average molecular weight is 197 g/mol. The quantitative estimate of drug-likeness (QED) is 0.760. The van der Waals surface area contributed by atoms with E-state index in [9.17, 15) is 4.39 Å². The van der Waals surface area contributed by atoms with Crippen molar-refractivity contribution in [3.8, 4) is 5.88 Å². The van der Waals surface area contributed by atoms with Crippen LogP contribution in [0.4, 0.5) is 4.39 Å². The van der Waals surface area contributed by atoms with E-state index >= 15 is 0 Å². The zero-order valence-corrected chi connectivity index (χ0v) is 7.90. The van der Waals surface area contributed by atoms with E-state index in [1.807, 2.05) is 0 Å². The minimum Gasteiger partial charge on any atom is -0.480 e. The Labute approximate surface area is 81.3 Å². The molecule has 0 spiro atoms. The van der Waals surface area contributed by atoms with Crippen molar-refractivity contribution in [2.24, 2.45) is 5.73 Å². The summed E-state index contributed by atoms with van der Waals surface area (Å²) >= 11 is 0. The van der Waals surface area contributed by atoms with Crippen molar-refractivity contribution in [3.63, 3.8) is 0 Å². The summed E-state index contributed by atoms with van der Waals surface area (Å²) in [4.78, 5) is 7.86. The van der Waals surface area contributed by atoms with Crippen molar-refractivity contribution in [2.75, 3.05) is 7.11 Å². The summed E-state index contributed by atoms with van der Waals surface area (Å²) in [7, 11) is 1.45. The first-order chi connectivity index (χ1) is 6.65. The number of ether oxygens (including phenoxy) is 1. The van der Waals surface area contributed by atoms with Gasteiger partial charge in [0.05, 0.1) is 7.11 Å². The molecule has 4 nitrogen and oxygen atoms in total. The van der Waals surface area contributed by atoms with E-state index in [0.717, 1.165) is 0 Å². The van der Waals surface area contributed by atoms with Crippen LogP contribution in [0.1, 0.15) is 18.5 Å². The van der Waals surface area contributed by atoms with Gasteiger partial charge in [-0.2, -0.15) is 0 Å². The van der Waals surface area contributed by atoms with E-state index in [2.05, 4.69) is 9.97 Å². The highest BCUT2D eigenvalue weighted by molar-refractivity contribution is 5.28.